The van der Waals surface area contributed by atoms with Crippen LogP contribution in [0.4, 0.5) is 0 Å². The Morgan fingerprint density at radius 1 is 1.36 bits per heavy atom. The van der Waals surface area contributed by atoms with Gasteiger partial charge in [0, 0.05) is 45.3 Å². The Hall–Kier alpha value is -1.15. The minimum Gasteiger partial charge on any atom is -0.345 e. The summed E-state index contributed by atoms with van der Waals surface area (Å²) in [6.07, 6.45) is 0. The zero-order chi connectivity index (χ0) is 15.6. The predicted octanol–water partition coefficient (Wildman–Crippen LogP) is 0.793. The van der Waals surface area contributed by atoms with E-state index in [9.17, 15) is 13.2 Å². The maximum absolute atomic E-state index is 12.7. The molecule has 1 saturated heterocycles. The molecule has 1 aromatic carbocycles. The molecule has 1 atom stereocenters. The molecule has 6 nitrogen and oxygen atoms in total. The van der Waals surface area contributed by atoms with E-state index in [1.165, 1.54) is 21.3 Å². The molecule has 0 saturated carbocycles. The van der Waals surface area contributed by atoms with Gasteiger partial charge in [-0.15, -0.1) is 12.4 Å². The van der Waals surface area contributed by atoms with Crippen molar-refractivity contribution >= 4 is 28.3 Å². The second-order valence-electron chi connectivity index (χ2n) is 5.40. The molecule has 1 aromatic rings. The summed E-state index contributed by atoms with van der Waals surface area (Å²) in [5.74, 6) is -0.208. The smallest absolute Gasteiger partial charge is 0.253 e. The maximum Gasteiger partial charge on any atom is 0.253 e. The van der Waals surface area contributed by atoms with Crippen molar-refractivity contribution in [1.82, 2.24) is 14.5 Å². The molecule has 124 valence electrons. The van der Waals surface area contributed by atoms with Crippen LogP contribution in [0.1, 0.15) is 17.3 Å². The monoisotopic (exact) mass is 347 g/mol. The number of halogens is 1. The van der Waals surface area contributed by atoms with E-state index in [0.717, 1.165) is 0 Å². The molecule has 0 radical (unpaired) electrons. The molecule has 0 spiro atoms. The molecule has 1 aliphatic rings. The van der Waals surface area contributed by atoms with Crippen LogP contribution < -0.4 is 5.32 Å². The van der Waals surface area contributed by atoms with Gasteiger partial charge in [0.2, 0.25) is 10.0 Å². The molecule has 1 fully saturated rings. The Labute approximate surface area is 137 Å². The lowest BCUT2D eigenvalue weighted by atomic mass is 10.2. The summed E-state index contributed by atoms with van der Waals surface area (Å²) >= 11 is 0. The highest BCUT2D eigenvalue weighted by molar-refractivity contribution is 7.89. The van der Waals surface area contributed by atoms with Crippen LogP contribution in [0.2, 0.25) is 0 Å². The number of carbonyl (C=O) groups excluding carboxylic acids is 1. The van der Waals surface area contributed by atoms with Crippen molar-refractivity contribution in [1.29, 1.82) is 0 Å². The molecule has 1 N–H and O–H groups in total. The largest absolute Gasteiger partial charge is 0.345 e. The minimum atomic E-state index is -3.57. The second-order valence-corrected chi connectivity index (χ2v) is 7.29. The number of hydrogen-bond donors (Lipinski definition) is 1. The molecule has 0 aromatic heterocycles. The molecule has 1 unspecified atom stereocenters. The van der Waals surface area contributed by atoms with Gasteiger partial charge in [0.1, 0.15) is 0 Å². The topological polar surface area (TPSA) is 69.7 Å². The highest BCUT2D eigenvalue weighted by Crippen LogP contribution is 2.20. The summed E-state index contributed by atoms with van der Waals surface area (Å²) in [6, 6.07) is 6.12. The summed E-state index contributed by atoms with van der Waals surface area (Å²) in [5, 5.41) is 3.17. The van der Waals surface area contributed by atoms with Crippen LogP contribution in [0.3, 0.4) is 0 Å². The summed E-state index contributed by atoms with van der Waals surface area (Å²) < 4.78 is 26.9. The first kappa shape index (κ1) is 18.9. The Morgan fingerprint density at radius 3 is 2.64 bits per heavy atom. The summed E-state index contributed by atoms with van der Waals surface area (Å²) in [7, 11) is -0.289. The molecule has 22 heavy (non-hydrogen) atoms. The molecule has 1 aliphatic heterocycles. The summed E-state index contributed by atoms with van der Waals surface area (Å²) in [4.78, 5) is 13.6. The van der Waals surface area contributed by atoms with Gasteiger partial charge >= 0.3 is 0 Å². The van der Waals surface area contributed by atoms with Gasteiger partial charge in [0.15, 0.2) is 0 Å². The minimum absolute atomic E-state index is 0. The fourth-order valence-corrected chi connectivity index (χ4v) is 4.04. The molecular weight excluding hydrogens is 326 g/mol. The molecule has 0 bridgehead atoms. The van der Waals surface area contributed by atoms with Crippen LogP contribution in [-0.2, 0) is 10.0 Å². The number of benzene rings is 1. The van der Waals surface area contributed by atoms with Crippen molar-refractivity contribution in [2.75, 3.05) is 33.7 Å². The van der Waals surface area contributed by atoms with Crippen molar-refractivity contribution in [3.63, 3.8) is 0 Å². The summed E-state index contributed by atoms with van der Waals surface area (Å²) in [5.41, 5.74) is 0.379. The first-order valence-electron chi connectivity index (χ1n) is 6.88. The van der Waals surface area contributed by atoms with Crippen molar-refractivity contribution in [3.8, 4) is 0 Å². The van der Waals surface area contributed by atoms with Gasteiger partial charge < -0.3 is 10.2 Å². The maximum atomic E-state index is 12.7. The number of carbonyl (C=O) groups is 1. The lowest BCUT2D eigenvalue weighted by Crippen LogP contribution is -2.52. The average Bonchev–Trinajstić information content (AvgIpc) is 2.46. The number of amides is 1. The quantitative estimate of drug-likeness (QED) is 0.877. The van der Waals surface area contributed by atoms with Crippen LogP contribution in [0.15, 0.2) is 29.2 Å². The third-order valence-electron chi connectivity index (χ3n) is 3.53. The Morgan fingerprint density at radius 2 is 2.05 bits per heavy atom. The third kappa shape index (κ3) is 3.78. The number of piperazine rings is 1. The molecule has 0 aliphatic carbocycles. The van der Waals surface area contributed by atoms with Crippen LogP contribution in [0, 0.1) is 0 Å². The number of hydrogen-bond acceptors (Lipinski definition) is 4. The molecular formula is C14H22ClN3O3S. The lowest BCUT2D eigenvalue weighted by Gasteiger charge is -2.32. The standard InChI is InChI=1S/C14H21N3O3S.ClH/c1-11-10-15-7-8-17(11)21(19,20)13-6-4-5-12(9-13)14(18)16(2)3;/h4-6,9,11,15H,7-8,10H2,1-3H3;1H. The highest BCUT2D eigenvalue weighted by atomic mass is 35.5. The van der Waals surface area contributed by atoms with Crippen LogP contribution in [0.25, 0.3) is 0 Å². The van der Waals surface area contributed by atoms with Crippen LogP contribution in [0.5, 0.6) is 0 Å². The SMILES string of the molecule is CC1CNCCN1S(=O)(=O)c1cccc(C(=O)N(C)C)c1.Cl. The van der Waals surface area contributed by atoms with Crippen molar-refractivity contribution in [3.05, 3.63) is 29.8 Å². The number of nitrogens with zero attached hydrogens (tertiary/aromatic N) is 2. The van der Waals surface area contributed by atoms with E-state index in [2.05, 4.69) is 5.32 Å². The van der Waals surface area contributed by atoms with Gasteiger partial charge in [-0.1, -0.05) is 6.07 Å². The number of rotatable bonds is 3. The Balaban J connectivity index is 0.00000242. The number of sulfonamides is 1. The van der Waals surface area contributed by atoms with Crippen LogP contribution >= 0.6 is 12.4 Å². The summed E-state index contributed by atoms with van der Waals surface area (Å²) in [6.45, 7) is 3.59. The van der Waals surface area contributed by atoms with E-state index in [1.807, 2.05) is 6.92 Å². The fraction of sp³-hybridized carbons (Fsp3) is 0.500. The average molecular weight is 348 g/mol. The predicted molar refractivity (Wildman–Crippen MR) is 87.9 cm³/mol. The Bertz CT molecular complexity index is 634. The van der Waals surface area contributed by atoms with Crippen LogP contribution in [-0.4, -0.2) is 63.3 Å². The first-order chi connectivity index (χ1) is 9.84. The zero-order valence-electron chi connectivity index (χ0n) is 12.9. The fourth-order valence-electron chi connectivity index (χ4n) is 2.36. The van der Waals surface area contributed by atoms with Crippen molar-refractivity contribution in [2.24, 2.45) is 0 Å². The second kappa shape index (κ2) is 7.41. The molecule has 2 rings (SSSR count). The van der Waals surface area contributed by atoms with E-state index in [4.69, 9.17) is 0 Å². The normalized spacial score (nSPS) is 19.3. The molecule has 1 heterocycles. The van der Waals surface area contributed by atoms with Gasteiger partial charge in [-0.3, -0.25) is 4.79 Å². The first-order valence-corrected chi connectivity index (χ1v) is 8.32. The van der Waals surface area contributed by atoms with Gasteiger partial charge in [0.05, 0.1) is 4.90 Å². The van der Waals surface area contributed by atoms with Gasteiger partial charge in [-0.25, -0.2) is 8.42 Å². The van der Waals surface area contributed by atoms with E-state index >= 15 is 0 Å². The highest BCUT2D eigenvalue weighted by Gasteiger charge is 2.31. The van der Waals surface area contributed by atoms with Gasteiger partial charge in [-0.2, -0.15) is 4.31 Å². The molecule has 8 heteroatoms. The van der Waals surface area contributed by atoms with E-state index in [0.29, 0.717) is 25.2 Å². The third-order valence-corrected chi connectivity index (χ3v) is 5.54. The van der Waals surface area contributed by atoms with E-state index in [1.54, 1.807) is 26.2 Å². The Kier molecular flexibility index (Phi) is 6.37. The van der Waals surface area contributed by atoms with E-state index < -0.39 is 10.0 Å². The molecule has 1 amide bonds. The van der Waals surface area contributed by atoms with E-state index in [-0.39, 0.29) is 29.3 Å². The lowest BCUT2D eigenvalue weighted by molar-refractivity contribution is 0.0827. The zero-order valence-corrected chi connectivity index (χ0v) is 14.6. The van der Waals surface area contributed by atoms with Gasteiger partial charge in [0.25, 0.3) is 5.91 Å². The van der Waals surface area contributed by atoms with Crippen molar-refractivity contribution in [2.45, 2.75) is 17.9 Å². The van der Waals surface area contributed by atoms with Crippen molar-refractivity contribution < 1.29 is 13.2 Å². The number of nitrogens with one attached hydrogen (secondary N) is 1. The van der Waals surface area contributed by atoms with Gasteiger partial charge in [-0.05, 0) is 25.1 Å².